The average Bonchev–Trinajstić information content (AvgIpc) is 3.49. The molecule has 33 heavy (non-hydrogen) atoms. The van der Waals surface area contributed by atoms with Crippen LogP contribution in [0.4, 0.5) is 0 Å². The molecule has 2 bridgehead atoms. The highest BCUT2D eigenvalue weighted by molar-refractivity contribution is 7.13. The van der Waals surface area contributed by atoms with Crippen molar-refractivity contribution in [3.63, 3.8) is 0 Å². The lowest BCUT2D eigenvalue weighted by Gasteiger charge is -2.46. The number of aliphatic carboxylic acids is 1. The number of rotatable bonds is 5. The van der Waals surface area contributed by atoms with Gasteiger partial charge in [-0.05, 0) is 67.4 Å². The van der Waals surface area contributed by atoms with Crippen LogP contribution in [0.2, 0.25) is 5.15 Å². The lowest BCUT2D eigenvalue weighted by Crippen LogP contribution is -2.45. The molecule has 2 atom stereocenters. The van der Waals surface area contributed by atoms with Crippen molar-refractivity contribution in [2.75, 3.05) is 0 Å². The molecule has 9 heteroatoms. The van der Waals surface area contributed by atoms with E-state index in [4.69, 9.17) is 21.6 Å². The smallest absolute Gasteiger partial charge is 0.307 e. The van der Waals surface area contributed by atoms with Crippen molar-refractivity contribution in [1.29, 1.82) is 0 Å². The highest BCUT2D eigenvalue weighted by Gasteiger charge is 2.47. The zero-order chi connectivity index (χ0) is 22.5. The number of halogens is 1. The molecule has 0 unspecified atom stereocenters. The Labute approximate surface area is 199 Å². The fraction of sp³-hybridized carbons (Fsp3) is 0.375. The van der Waals surface area contributed by atoms with Gasteiger partial charge >= 0.3 is 5.97 Å². The van der Waals surface area contributed by atoms with Crippen LogP contribution in [-0.4, -0.2) is 36.0 Å². The van der Waals surface area contributed by atoms with Crippen molar-refractivity contribution in [1.82, 2.24) is 24.9 Å². The Morgan fingerprint density at radius 3 is 2.76 bits per heavy atom. The van der Waals surface area contributed by atoms with Crippen molar-refractivity contribution in [2.24, 2.45) is 23.7 Å². The normalized spacial score (nSPS) is 24.4. The maximum atomic E-state index is 12.2. The van der Waals surface area contributed by atoms with E-state index >= 15 is 0 Å². The van der Waals surface area contributed by atoms with Gasteiger partial charge < -0.3 is 10.1 Å². The van der Waals surface area contributed by atoms with Crippen LogP contribution in [0.1, 0.15) is 31.4 Å². The maximum absolute atomic E-state index is 12.2. The minimum atomic E-state index is -0.663. The first-order valence-corrected chi connectivity index (χ1v) is 12.5. The van der Waals surface area contributed by atoms with E-state index in [0.29, 0.717) is 34.5 Å². The molecule has 4 aromatic rings. The van der Waals surface area contributed by atoms with E-state index in [9.17, 15) is 9.90 Å². The van der Waals surface area contributed by atoms with Gasteiger partial charge in [0.2, 0.25) is 0 Å². The van der Waals surface area contributed by atoms with Crippen molar-refractivity contribution in [2.45, 2.75) is 32.1 Å². The van der Waals surface area contributed by atoms with Gasteiger partial charge in [0.15, 0.2) is 11.5 Å². The Balaban J connectivity index is 1.45. The molecule has 3 saturated carbocycles. The van der Waals surface area contributed by atoms with Crippen LogP contribution >= 0.6 is 22.9 Å². The van der Waals surface area contributed by atoms with E-state index in [0.717, 1.165) is 47.5 Å². The zero-order valence-corrected chi connectivity index (χ0v) is 19.3. The third kappa shape index (κ3) is 3.71. The number of nitrogens with one attached hydrogen (secondary N) is 1. The highest BCUT2D eigenvalue weighted by Crippen LogP contribution is 2.50. The Morgan fingerprint density at radius 2 is 2.00 bits per heavy atom. The molecule has 7 rings (SSSR count). The molecular weight excluding hydrogens is 458 g/mol. The monoisotopic (exact) mass is 479 g/mol. The van der Waals surface area contributed by atoms with Gasteiger partial charge in [-0.15, -0.1) is 11.3 Å². The summed E-state index contributed by atoms with van der Waals surface area (Å²) < 4.78 is 0. The minimum Gasteiger partial charge on any atom is -0.481 e. The van der Waals surface area contributed by atoms with Gasteiger partial charge in [-0.3, -0.25) is 4.79 Å². The van der Waals surface area contributed by atoms with Gasteiger partial charge in [0, 0.05) is 11.9 Å². The Kier molecular flexibility index (Phi) is 5.14. The second-order valence-corrected chi connectivity index (χ2v) is 10.4. The average molecular weight is 480 g/mol. The molecule has 4 aromatic heterocycles. The van der Waals surface area contributed by atoms with Gasteiger partial charge in [0.25, 0.3) is 0 Å². The van der Waals surface area contributed by atoms with Crippen LogP contribution in [0.3, 0.4) is 0 Å². The fourth-order valence-corrected chi connectivity index (χ4v) is 6.63. The molecule has 0 aliphatic heterocycles. The molecule has 0 spiro atoms. The van der Waals surface area contributed by atoms with E-state index in [1.807, 2.05) is 23.6 Å². The molecule has 2 N–H and O–H groups in total. The topological polar surface area (TPSA) is 105 Å². The first-order valence-electron chi connectivity index (χ1n) is 11.2. The van der Waals surface area contributed by atoms with Crippen molar-refractivity contribution < 1.29 is 9.90 Å². The standard InChI is InChI=1S/C24H22ClN5O2S/c25-19-11-27-23-21(30-19)16(10-26-23)22-28-14(9-17(29-22)18-2-1-7-33-18)8-15-12-3-5-13(6-4-12)20(15)24(31)32/h1-2,7,9-13,15,20H,3-6,8H2,(H,26,27)(H,31,32)/t12?,13?,15-,20-/m0/s1. The highest BCUT2D eigenvalue weighted by atomic mass is 35.5. The summed E-state index contributed by atoms with van der Waals surface area (Å²) >= 11 is 7.73. The number of hydrogen-bond acceptors (Lipinski definition) is 6. The van der Waals surface area contributed by atoms with Gasteiger partial charge in [-0.25, -0.2) is 19.9 Å². The first kappa shape index (κ1) is 20.7. The van der Waals surface area contributed by atoms with Crippen LogP contribution in [0.25, 0.3) is 33.1 Å². The molecule has 3 aliphatic carbocycles. The second-order valence-electron chi connectivity index (χ2n) is 9.04. The number of aromatic amines is 1. The van der Waals surface area contributed by atoms with E-state index in [1.165, 1.54) is 6.20 Å². The molecule has 0 saturated heterocycles. The van der Waals surface area contributed by atoms with E-state index in [2.05, 4.69) is 15.0 Å². The zero-order valence-electron chi connectivity index (χ0n) is 17.7. The molecule has 4 heterocycles. The number of fused-ring (bicyclic) bond motifs is 4. The number of thiophene rings is 1. The van der Waals surface area contributed by atoms with Gasteiger partial charge in [0.1, 0.15) is 10.7 Å². The van der Waals surface area contributed by atoms with E-state index in [-0.39, 0.29) is 17.8 Å². The minimum absolute atomic E-state index is 0.103. The SMILES string of the molecule is O=C(O)[C@H]1C2CCC(CC2)[C@@H]1Cc1cc(-c2cccs2)nc(-c2c[nH]c3ncc(Cl)nc23)n1. The number of carbonyl (C=O) groups is 1. The third-order valence-corrected chi connectivity index (χ3v) is 8.34. The largest absolute Gasteiger partial charge is 0.481 e. The van der Waals surface area contributed by atoms with Crippen molar-refractivity contribution in [3.8, 4) is 22.0 Å². The summed E-state index contributed by atoms with van der Waals surface area (Å²) in [6, 6.07) is 6.05. The van der Waals surface area contributed by atoms with Crippen LogP contribution in [0.5, 0.6) is 0 Å². The predicted molar refractivity (Wildman–Crippen MR) is 127 cm³/mol. The molecule has 3 fully saturated rings. The molecule has 7 nitrogen and oxygen atoms in total. The Hall–Kier alpha value is -2.84. The van der Waals surface area contributed by atoms with Crippen LogP contribution < -0.4 is 0 Å². The Bertz CT molecular complexity index is 1330. The van der Waals surface area contributed by atoms with Crippen molar-refractivity contribution >= 4 is 40.1 Å². The van der Waals surface area contributed by atoms with E-state index < -0.39 is 5.97 Å². The number of aromatic nitrogens is 5. The summed E-state index contributed by atoms with van der Waals surface area (Å²) in [5, 5.41) is 12.3. The summed E-state index contributed by atoms with van der Waals surface area (Å²) in [5.74, 6) is 0.416. The number of hydrogen-bond donors (Lipinski definition) is 2. The fourth-order valence-electron chi connectivity index (χ4n) is 5.81. The maximum Gasteiger partial charge on any atom is 0.307 e. The summed E-state index contributed by atoms with van der Waals surface area (Å²) in [6.45, 7) is 0. The molecule has 0 amide bonds. The summed E-state index contributed by atoms with van der Waals surface area (Å²) in [4.78, 5) is 34.8. The van der Waals surface area contributed by atoms with Crippen LogP contribution in [0, 0.1) is 23.7 Å². The second kappa shape index (κ2) is 8.18. The van der Waals surface area contributed by atoms with Crippen LogP contribution in [-0.2, 0) is 11.2 Å². The van der Waals surface area contributed by atoms with Crippen LogP contribution in [0.15, 0.2) is 36.0 Å². The van der Waals surface area contributed by atoms with Gasteiger partial charge in [-0.2, -0.15) is 0 Å². The first-order chi connectivity index (χ1) is 16.1. The lowest BCUT2D eigenvalue weighted by molar-refractivity contribution is -0.152. The number of carboxylic acids is 1. The number of H-pyrrole nitrogens is 1. The summed E-state index contributed by atoms with van der Waals surface area (Å²) in [7, 11) is 0. The molecule has 3 aliphatic rings. The lowest BCUT2D eigenvalue weighted by atomic mass is 9.57. The molecule has 168 valence electrons. The quantitative estimate of drug-likeness (QED) is 0.393. The van der Waals surface area contributed by atoms with Gasteiger partial charge in [-0.1, -0.05) is 17.7 Å². The van der Waals surface area contributed by atoms with E-state index in [1.54, 1.807) is 17.5 Å². The molecule has 0 radical (unpaired) electrons. The van der Waals surface area contributed by atoms with Crippen molar-refractivity contribution in [3.05, 3.63) is 46.8 Å². The number of carboxylic acid groups (broad SMARTS) is 1. The van der Waals surface area contributed by atoms with Gasteiger partial charge in [0.05, 0.1) is 28.2 Å². The number of nitrogens with zero attached hydrogens (tertiary/aromatic N) is 4. The molecule has 0 aromatic carbocycles. The summed E-state index contributed by atoms with van der Waals surface area (Å²) in [6.07, 6.45) is 8.24. The summed E-state index contributed by atoms with van der Waals surface area (Å²) in [5.41, 5.74) is 3.69. The Morgan fingerprint density at radius 1 is 1.18 bits per heavy atom. The molecular formula is C24H22ClN5O2S. The third-order valence-electron chi connectivity index (χ3n) is 7.27. The predicted octanol–water partition coefficient (Wildman–Crippen LogP) is 5.48.